The van der Waals surface area contributed by atoms with Gasteiger partial charge < -0.3 is 0 Å². The second kappa shape index (κ2) is 6.55. The molecule has 3 nitrogen and oxygen atoms in total. The summed E-state index contributed by atoms with van der Waals surface area (Å²) in [6.45, 7) is 10.9. The molecule has 0 aliphatic rings. The molecule has 0 bridgehead atoms. The molecule has 1 atom stereocenters. The van der Waals surface area contributed by atoms with E-state index in [1.807, 2.05) is 6.92 Å². The highest BCUT2D eigenvalue weighted by molar-refractivity contribution is 7.85. The first-order valence-corrected chi connectivity index (χ1v) is 11.0. The van der Waals surface area contributed by atoms with Crippen molar-refractivity contribution in [1.82, 2.24) is 0 Å². The normalized spacial score (nSPS) is 14.3. The first-order valence-electron chi connectivity index (χ1n) is 7.15. The van der Waals surface area contributed by atoms with Gasteiger partial charge in [0, 0.05) is 7.26 Å². The maximum Gasteiger partial charge on any atom is 0.294 e. The van der Waals surface area contributed by atoms with Crippen LogP contribution in [-0.2, 0) is 10.1 Å². The topological polar surface area (TPSA) is 54.4 Å². The molecule has 0 aliphatic heterocycles. The summed E-state index contributed by atoms with van der Waals surface area (Å²) in [7, 11) is -5.26. The van der Waals surface area contributed by atoms with Crippen molar-refractivity contribution in [3.05, 3.63) is 29.3 Å². The number of aryl methyl sites for hydroxylation is 1. The molecule has 1 rings (SSSR count). The van der Waals surface area contributed by atoms with Crippen molar-refractivity contribution in [1.29, 1.82) is 0 Å². The Balaban J connectivity index is 3.38. The summed E-state index contributed by atoms with van der Waals surface area (Å²) in [6.07, 6.45) is 3.49. The second-order valence-corrected chi connectivity index (χ2v) is 11.9. The van der Waals surface area contributed by atoms with E-state index < -0.39 is 17.4 Å². The van der Waals surface area contributed by atoms with Gasteiger partial charge in [0.1, 0.15) is 0 Å². The minimum atomic E-state index is -4.13. The lowest BCUT2D eigenvalue weighted by Gasteiger charge is -2.31. The molecule has 1 unspecified atom stereocenters. The van der Waals surface area contributed by atoms with Crippen LogP contribution < -0.4 is 0 Å². The number of hydrogen-bond donors (Lipinski definition) is 1. The van der Waals surface area contributed by atoms with Crippen molar-refractivity contribution in [2.45, 2.75) is 45.2 Å². The van der Waals surface area contributed by atoms with E-state index in [2.05, 4.69) is 27.7 Å². The van der Waals surface area contributed by atoms with Gasteiger partial charge in [-0.2, -0.15) is 8.42 Å². The maximum absolute atomic E-state index is 11.3. The molecule has 0 fully saturated rings. The average Bonchev–Trinajstić information content (AvgIpc) is 2.40. The van der Waals surface area contributed by atoms with Crippen LogP contribution in [0.2, 0.25) is 0 Å². The van der Waals surface area contributed by atoms with Crippen molar-refractivity contribution in [2.75, 3.05) is 18.5 Å². The van der Waals surface area contributed by atoms with E-state index >= 15 is 0 Å². The van der Waals surface area contributed by atoms with E-state index in [0.29, 0.717) is 5.66 Å². The lowest BCUT2D eigenvalue weighted by atomic mass is 10.1. The zero-order valence-electron chi connectivity index (χ0n) is 13.0. The van der Waals surface area contributed by atoms with Crippen LogP contribution in [0.4, 0.5) is 0 Å². The Labute approximate surface area is 123 Å². The Kier molecular flexibility index (Phi) is 5.77. The fourth-order valence-electron chi connectivity index (χ4n) is 3.02. The minimum absolute atomic E-state index is 0.00589. The van der Waals surface area contributed by atoms with E-state index in [-0.39, 0.29) is 4.90 Å². The van der Waals surface area contributed by atoms with Crippen LogP contribution in [0.15, 0.2) is 23.1 Å². The molecular formula is C15H26O3PS+. The Morgan fingerprint density at radius 2 is 1.65 bits per heavy atom. The van der Waals surface area contributed by atoms with E-state index in [9.17, 15) is 13.0 Å². The van der Waals surface area contributed by atoms with Gasteiger partial charge in [-0.15, -0.1) is 0 Å². The summed E-state index contributed by atoms with van der Waals surface area (Å²) in [5.74, 6) is 0. The van der Waals surface area contributed by atoms with Gasteiger partial charge in [0.05, 0.1) is 29.0 Å². The van der Waals surface area contributed by atoms with Gasteiger partial charge in [-0.25, -0.2) is 0 Å². The third kappa shape index (κ3) is 3.41. The molecule has 0 aliphatic carbocycles. The molecule has 1 aromatic carbocycles. The molecule has 0 radical (unpaired) electrons. The molecule has 5 heteroatoms. The molecule has 0 heterocycles. The van der Waals surface area contributed by atoms with Gasteiger partial charge in [0.25, 0.3) is 10.1 Å². The molecular weight excluding hydrogens is 291 g/mol. The molecule has 1 N–H and O–H groups in total. The Hall–Kier alpha value is -0.440. The molecule has 0 aromatic heterocycles. The SMILES string of the molecule is CC[P+](CC)(CC)C(C)c1cc(S(=O)(=O)O)ccc1C. The summed E-state index contributed by atoms with van der Waals surface area (Å²) >= 11 is 0. The summed E-state index contributed by atoms with van der Waals surface area (Å²) in [6, 6.07) is 4.93. The van der Waals surface area contributed by atoms with E-state index in [1.165, 1.54) is 6.07 Å². The predicted octanol–water partition coefficient (Wildman–Crippen LogP) is 4.38. The Morgan fingerprint density at radius 3 is 2.05 bits per heavy atom. The molecule has 114 valence electrons. The minimum Gasteiger partial charge on any atom is -0.282 e. The van der Waals surface area contributed by atoms with Crippen LogP contribution in [0, 0.1) is 6.92 Å². The molecule has 0 saturated heterocycles. The van der Waals surface area contributed by atoms with Gasteiger partial charge in [0.2, 0.25) is 0 Å². The zero-order chi connectivity index (χ0) is 15.6. The third-order valence-corrected chi connectivity index (χ3v) is 11.3. The first-order chi connectivity index (χ1) is 9.21. The molecule has 1 aromatic rings. The quantitative estimate of drug-likeness (QED) is 0.626. The smallest absolute Gasteiger partial charge is 0.282 e. The fourth-order valence-corrected chi connectivity index (χ4v) is 7.39. The number of rotatable bonds is 6. The number of benzene rings is 1. The van der Waals surface area contributed by atoms with E-state index in [1.54, 1.807) is 12.1 Å². The van der Waals surface area contributed by atoms with Gasteiger partial charge in [-0.3, -0.25) is 4.55 Å². The number of hydrogen-bond acceptors (Lipinski definition) is 2. The summed E-state index contributed by atoms with van der Waals surface area (Å²) < 4.78 is 31.9. The largest absolute Gasteiger partial charge is 0.294 e. The summed E-state index contributed by atoms with van der Waals surface area (Å²) in [4.78, 5) is 0.00589. The van der Waals surface area contributed by atoms with Crippen LogP contribution in [0.3, 0.4) is 0 Å². The van der Waals surface area contributed by atoms with Crippen LogP contribution in [-0.4, -0.2) is 31.5 Å². The van der Waals surface area contributed by atoms with Crippen molar-refractivity contribution < 1.29 is 13.0 Å². The van der Waals surface area contributed by atoms with Crippen LogP contribution >= 0.6 is 7.26 Å². The van der Waals surface area contributed by atoms with Crippen molar-refractivity contribution >= 4 is 17.4 Å². The fraction of sp³-hybridized carbons (Fsp3) is 0.600. The Morgan fingerprint density at radius 1 is 1.15 bits per heavy atom. The van der Waals surface area contributed by atoms with Crippen LogP contribution in [0.25, 0.3) is 0 Å². The molecule has 20 heavy (non-hydrogen) atoms. The van der Waals surface area contributed by atoms with Gasteiger partial charge in [-0.05, 0) is 57.9 Å². The monoisotopic (exact) mass is 317 g/mol. The summed E-state index contributed by atoms with van der Waals surface area (Å²) in [5, 5.41) is 0. The lowest BCUT2D eigenvalue weighted by Crippen LogP contribution is -2.12. The van der Waals surface area contributed by atoms with Crippen LogP contribution in [0.5, 0.6) is 0 Å². The van der Waals surface area contributed by atoms with E-state index in [4.69, 9.17) is 0 Å². The Bertz CT molecular complexity index is 554. The highest BCUT2D eigenvalue weighted by Gasteiger charge is 2.39. The summed E-state index contributed by atoms with van der Waals surface area (Å²) in [5.41, 5.74) is 2.54. The van der Waals surface area contributed by atoms with Crippen LogP contribution in [0.1, 0.15) is 44.5 Å². The molecule has 0 amide bonds. The highest BCUT2D eigenvalue weighted by atomic mass is 32.2. The van der Waals surface area contributed by atoms with Crippen molar-refractivity contribution in [3.63, 3.8) is 0 Å². The average molecular weight is 317 g/mol. The lowest BCUT2D eigenvalue weighted by molar-refractivity contribution is 0.483. The maximum atomic E-state index is 11.3. The van der Waals surface area contributed by atoms with Gasteiger partial charge in [-0.1, -0.05) is 6.07 Å². The molecule has 0 saturated carbocycles. The third-order valence-electron chi connectivity index (χ3n) is 4.71. The second-order valence-electron chi connectivity index (χ2n) is 5.34. The predicted molar refractivity (Wildman–Crippen MR) is 88.0 cm³/mol. The van der Waals surface area contributed by atoms with Gasteiger partial charge in [0.15, 0.2) is 0 Å². The van der Waals surface area contributed by atoms with Crippen molar-refractivity contribution in [3.8, 4) is 0 Å². The zero-order valence-corrected chi connectivity index (χ0v) is 14.8. The first kappa shape index (κ1) is 17.6. The highest BCUT2D eigenvalue weighted by Crippen LogP contribution is 2.69. The van der Waals surface area contributed by atoms with E-state index in [0.717, 1.165) is 29.6 Å². The van der Waals surface area contributed by atoms with Crippen molar-refractivity contribution in [2.24, 2.45) is 0 Å². The van der Waals surface area contributed by atoms with Gasteiger partial charge >= 0.3 is 0 Å². The molecule has 0 spiro atoms. The standard InChI is InChI=1S/C15H25O3PS/c1-6-19(7-2,8-3)13(5)15-11-14(20(16,17)18)10-9-12(15)4/h9-11,13H,6-8H2,1-5H3/p+1.